The maximum absolute atomic E-state index is 14.5. The van der Waals surface area contributed by atoms with Gasteiger partial charge in [0.15, 0.2) is 5.54 Å². The number of carbonyl (C=O) groups excluding carboxylic acids is 2. The summed E-state index contributed by atoms with van der Waals surface area (Å²) in [5, 5.41) is 12.8. The minimum absolute atomic E-state index is 0.0488. The van der Waals surface area contributed by atoms with Gasteiger partial charge in [-0.25, -0.2) is 14.0 Å². The van der Waals surface area contributed by atoms with Crippen LogP contribution in [-0.2, 0) is 28.0 Å². The zero-order chi connectivity index (χ0) is 28.7. The Kier molecular flexibility index (Phi) is 6.64. The first-order chi connectivity index (χ1) is 19.0. The fourth-order valence-electron chi connectivity index (χ4n) is 5.06. The lowest BCUT2D eigenvalue weighted by molar-refractivity contribution is -0.124. The molecular weight excluding hydrogens is 513 g/mol. The first-order valence-corrected chi connectivity index (χ1v) is 12.6. The van der Waals surface area contributed by atoms with Gasteiger partial charge in [0, 0.05) is 17.4 Å². The van der Waals surface area contributed by atoms with E-state index in [4.69, 9.17) is 9.15 Å². The van der Waals surface area contributed by atoms with Gasteiger partial charge < -0.3 is 19.4 Å². The van der Waals surface area contributed by atoms with E-state index in [9.17, 15) is 24.0 Å². The van der Waals surface area contributed by atoms with Crippen molar-refractivity contribution in [1.29, 1.82) is 5.26 Å². The second-order valence-electron chi connectivity index (χ2n) is 10.6. The number of hydrogen-bond donors (Lipinski definition) is 1. The van der Waals surface area contributed by atoms with Crippen molar-refractivity contribution in [1.82, 2.24) is 5.32 Å². The molecule has 1 atom stereocenters. The SMILES string of the molecule is CC(C)(C)OC(=O)N[C@]1(Cc2c(C#N)c(=O)oc3ccc(F)cc23)C(=O)N(Cc2ccccc2)c2ccccc21. The van der Waals surface area contributed by atoms with E-state index in [-0.39, 0.29) is 35.1 Å². The number of alkyl carbamates (subject to hydrolysis) is 1. The van der Waals surface area contributed by atoms with Crippen molar-refractivity contribution in [2.24, 2.45) is 0 Å². The molecule has 0 saturated heterocycles. The molecule has 0 saturated carbocycles. The Bertz CT molecular complexity index is 1740. The molecule has 1 aliphatic rings. The normalized spacial score (nSPS) is 16.5. The Morgan fingerprint density at radius 2 is 1.77 bits per heavy atom. The number of nitrogens with zero attached hydrogens (tertiary/aromatic N) is 2. The summed E-state index contributed by atoms with van der Waals surface area (Å²) < 4.78 is 25.2. The van der Waals surface area contributed by atoms with E-state index in [1.807, 2.05) is 36.4 Å². The van der Waals surface area contributed by atoms with E-state index in [2.05, 4.69) is 5.32 Å². The third-order valence-corrected chi connectivity index (χ3v) is 6.69. The molecule has 2 amide bonds. The fourth-order valence-corrected chi connectivity index (χ4v) is 5.06. The van der Waals surface area contributed by atoms with Crippen LogP contribution in [-0.4, -0.2) is 17.6 Å². The molecule has 2 heterocycles. The maximum atomic E-state index is 14.5. The molecule has 4 aromatic rings. The van der Waals surface area contributed by atoms with Gasteiger partial charge in [-0.2, -0.15) is 5.26 Å². The highest BCUT2D eigenvalue weighted by Crippen LogP contribution is 2.44. The van der Waals surface area contributed by atoms with E-state index in [1.54, 1.807) is 49.9 Å². The second kappa shape index (κ2) is 9.97. The van der Waals surface area contributed by atoms with Gasteiger partial charge >= 0.3 is 11.7 Å². The molecule has 8 nitrogen and oxygen atoms in total. The number of para-hydroxylation sites is 1. The summed E-state index contributed by atoms with van der Waals surface area (Å²) in [5.74, 6) is -1.12. The predicted molar refractivity (Wildman–Crippen MR) is 146 cm³/mol. The number of anilines is 1. The smallest absolute Gasteiger partial charge is 0.408 e. The number of benzene rings is 3. The number of nitriles is 1. The Labute approximate surface area is 229 Å². The van der Waals surface area contributed by atoms with Crippen molar-refractivity contribution in [3.8, 4) is 6.07 Å². The van der Waals surface area contributed by atoms with Crippen LogP contribution in [0.1, 0.15) is 43.0 Å². The molecule has 202 valence electrons. The van der Waals surface area contributed by atoms with Crippen LogP contribution in [0.5, 0.6) is 0 Å². The molecule has 0 aliphatic carbocycles. The first-order valence-electron chi connectivity index (χ1n) is 12.6. The molecule has 9 heteroatoms. The van der Waals surface area contributed by atoms with Crippen molar-refractivity contribution in [3.05, 3.63) is 111 Å². The summed E-state index contributed by atoms with van der Waals surface area (Å²) in [6.07, 6.45) is -1.20. The summed E-state index contributed by atoms with van der Waals surface area (Å²) in [6.45, 7) is 5.28. The maximum Gasteiger partial charge on any atom is 0.408 e. The molecule has 3 aromatic carbocycles. The lowest BCUT2D eigenvalue weighted by Gasteiger charge is -2.32. The van der Waals surface area contributed by atoms with Gasteiger partial charge in [0.2, 0.25) is 0 Å². The van der Waals surface area contributed by atoms with Crippen LogP contribution in [0.2, 0.25) is 0 Å². The average Bonchev–Trinajstić information content (AvgIpc) is 3.11. The van der Waals surface area contributed by atoms with Crippen molar-refractivity contribution in [2.45, 2.75) is 44.9 Å². The fraction of sp³-hybridized carbons (Fsp3) is 0.226. The number of carbonyl (C=O) groups is 2. The van der Waals surface area contributed by atoms with Crippen LogP contribution >= 0.6 is 0 Å². The molecule has 0 bridgehead atoms. The van der Waals surface area contributed by atoms with Gasteiger partial charge in [0.1, 0.15) is 28.6 Å². The summed E-state index contributed by atoms with van der Waals surface area (Å²) in [6, 6.07) is 21.7. The first kappa shape index (κ1) is 26.6. The number of amides is 2. The summed E-state index contributed by atoms with van der Waals surface area (Å²) in [7, 11) is 0. The Morgan fingerprint density at radius 3 is 2.48 bits per heavy atom. The van der Waals surface area contributed by atoms with Crippen LogP contribution in [0.15, 0.2) is 82.0 Å². The van der Waals surface area contributed by atoms with Crippen molar-refractivity contribution in [3.63, 3.8) is 0 Å². The van der Waals surface area contributed by atoms with Crippen molar-refractivity contribution in [2.75, 3.05) is 4.90 Å². The molecular formula is C31H26FN3O5. The minimum atomic E-state index is -1.79. The Hall–Kier alpha value is -4.97. The summed E-state index contributed by atoms with van der Waals surface area (Å²) in [5.41, 5.74) is -2.00. The number of fused-ring (bicyclic) bond motifs is 2. The van der Waals surface area contributed by atoms with Crippen LogP contribution in [0.4, 0.5) is 14.9 Å². The standard InChI is InChI=1S/C31H26FN3O5/c1-30(2,3)40-29(38)34-31(16-22-21-15-20(32)13-14-26(21)39-27(36)23(22)17-33)24-11-7-8-12-25(24)35(28(31)37)18-19-9-5-4-6-10-19/h4-15H,16,18H2,1-3H3,(H,34,38)/t31-/m0/s1. The number of halogens is 1. The van der Waals surface area contributed by atoms with Crippen LogP contribution in [0.3, 0.4) is 0 Å². The Morgan fingerprint density at radius 1 is 1.07 bits per heavy atom. The average molecular weight is 540 g/mol. The molecule has 5 rings (SSSR count). The molecule has 1 aliphatic heterocycles. The molecule has 40 heavy (non-hydrogen) atoms. The quantitative estimate of drug-likeness (QED) is 0.344. The molecule has 0 unspecified atom stereocenters. The van der Waals surface area contributed by atoms with E-state index in [0.29, 0.717) is 11.3 Å². The molecule has 1 aromatic heterocycles. The lowest BCUT2D eigenvalue weighted by Crippen LogP contribution is -2.55. The van der Waals surface area contributed by atoms with Gasteiger partial charge in [-0.1, -0.05) is 48.5 Å². The minimum Gasteiger partial charge on any atom is -0.444 e. The monoisotopic (exact) mass is 539 g/mol. The number of hydrogen-bond acceptors (Lipinski definition) is 6. The zero-order valence-electron chi connectivity index (χ0n) is 22.2. The van der Waals surface area contributed by atoms with Crippen molar-refractivity contribution < 1.29 is 23.1 Å². The highest BCUT2D eigenvalue weighted by molar-refractivity contribution is 6.09. The summed E-state index contributed by atoms with van der Waals surface area (Å²) in [4.78, 5) is 42.1. The molecule has 0 radical (unpaired) electrons. The van der Waals surface area contributed by atoms with E-state index in [1.165, 1.54) is 6.07 Å². The van der Waals surface area contributed by atoms with Gasteiger partial charge in [-0.3, -0.25) is 4.79 Å². The molecule has 0 spiro atoms. The highest BCUT2D eigenvalue weighted by atomic mass is 19.1. The van der Waals surface area contributed by atoms with E-state index < -0.39 is 34.6 Å². The second-order valence-corrected chi connectivity index (χ2v) is 10.6. The van der Waals surface area contributed by atoms with E-state index >= 15 is 0 Å². The third-order valence-electron chi connectivity index (χ3n) is 6.69. The number of nitrogens with one attached hydrogen (secondary N) is 1. The number of rotatable bonds is 5. The topological polar surface area (TPSA) is 113 Å². The number of ether oxygens (including phenoxy) is 1. The predicted octanol–water partition coefficient (Wildman–Crippen LogP) is 5.31. The van der Waals surface area contributed by atoms with Gasteiger partial charge in [0.25, 0.3) is 5.91 Å². The molecule has 0 fully saturated rings. The van der Waals surface area contributed by atoms with Crippen molar-refractivity contribution >= 4 is 28.7 Å². The van der Waals surface area contributed by atoms with Crippen LogP contribution in [0, 0.1) is 17.1 Å². The molecule has 1 N–H and O–H groups in total. The lowest BCUT2D eigenvalue weighted by atomic mass is 9.82. The Balaban J connectivity index is 1.74. The van der Waals surface area contributed by atoms with Crippen LogP contribution < -0.4 is 15.8 Å². The van der Waals surface area contributed by atoms with E-state index in [0.717, 1.165) is 17.7 Å². The van der Waals surface area contributed by atoms with Crippen LogP contribution in [0.25, 0.3) is 11.0 Å². The van der Waals surface area contributed by atoms with Gasteiger partial charge in [-0.15, -0.1) is 0 Å². The third kappa shape index (κ3) is 4.80. The largest absolute Gasteiger partial charge is 0.444 e. The summed E-state index contributed by atoms with van der Waals surface area (Å²) >= 11 is 0. The van der Waals surface area contributed by atoms with Gasteiger partial charge in [0.05, 0.1) is 12.2 Å². The van der Waals surface area contributed by atoms with Gasteiger partial charge in [-0.05, 0) is 56.2 Å². The zero-order valence-corrected chi connectivity index (χ0v) is 22.2. The highest BCUT2D eigenvalue weighted by Gasteiger charge is 2.53.